The number of anilines is 1. The third-order valence-corrected chi connectivity index (χ3v) is 6.01. The Balaban J connectivity index is 2.37. The first kappa shape index (κ1) is 14.5. The molecule has 2 aromatic heterocycles. The van der Waals surface area contributed by atoms with Crippen LogP contribution in [0.25, 0.3) is 0 Å². The van der Waals surface area contributed by atoms with E-state index in [-0.39, 0.29) is 11.5 Å². The molecular weight excluding hydrogens is 354 g/mol. The van der Waals surface area contributed by atoms with Crippen molar-refractivity contribution >= 4 is 43.0 Å². The van der Waals surface area contributed by atoms with Gasteiger partial charge in [-0.3, -0.25) is 9.40 Å². The third-order valence-electron chi connectivity index (χ3n) is 2.41. The molecule has 0 aliphatic carbocycles. The summed E-state index contributed by atoms with van der Waals surface area (Å²) in [5.41, 5.74) is 1.03. The molecule has 0 spiro atoms. The lowest BCUT2D eigenvalue weighted by molar-refractivity contribution is 0.285. The molecule has 0 saturated carbocycles. The Morgan fingerprint density at radius 2 is 2.26 bits per heavy atom. The van der Waals surface area contributed by atoms with Gasteiger partial charge < -0.3 is 5.11 Å². The summed E-state index contributed by atoms with van der Waals surface area (Å²) in [6.07, 6.45) is 1.60. The van der Waals surface area contributed by atoms with Gasteiger partial charge in [-0.2, -0.15) is 5.10 Å². The molecule has 0 saturated heterocycles. The van der Waals surface area contributed by atoms with Crippen LogP contribution < -0.4 is 4.72 Å². The number of sulfonamides is 1. The zero-order valence-electron chi connectivity index (χ0n) is 10.2. The molecule has 0 fully saturated rings. The number of nitrogens with zero attached hydrogens (tertiary/aromatic N) is 2. The summed E-state index contributed by atoms with van der Waals surface area (Å²) < 4.78 is 29.0. The number of nitrogens with one attached hydrogen (secondary N) is 1. The van der Waals surface area contributed by atoms with Gasteiger partial charge in [0.15, 0.2) is 0 Å². The van der Waals surface area contributed by atoms with E-state index < -0.39 is 10.0 Å². The fourth-order valence-corrected chi connectivity index (χ4v) is 5.20. The Hall–Kier alpha value is -0.900. The summed E-state index contributed by atoms with van der Waals surface area (Å²) in [4.78, 5) is 0.694. The standard InChI is InChI=1S/C10H12BrN3O3S2/c1-6-8(4-14(2)12-6)13-19(16,17)9-3-7(5-15)18-10(9)11/h3-4,13,15H,5H2,1-2H3. The largest absolute Gasteiger partial charge is 0.391 e. The predicted molar refractivity (Wildman–Crippen MR) is 76.7 cm³/mol. The van der Waals surface area contributed by atoms with Crippen LogP contribution in [0.2, 0.25) is 0 Å². The molecule has 6 nitrogen and oxygen atoms in total. The summed E-state index contributed by atoms with van der Waals surface area (Å²) in [6.45, 7) is 1.53. The minimum absolute atomic E-state index is 0.116. The first-order valence-electron chi connectivity index (χ1n) is 5.25. The molecular formula is C10H12BrN3O3S2. The van der Waals surface area contributed by atoms with Crippen molar-refractivity contribution in [1.29, 1.82) is 0 Å². The lowest BCUT2D eigenvalue weighted by Gasteiger charge is -2.05. The first-order valence-corrected chi connectivity index (χ1v) is 8.35. The normalized spacial score (nSPS) is 11.8. The summed E-state index contributed by atoms with van der Waals surface area (Å²) in [5.74, 6) is 0. The van der Waals surface area contributed by atoms with Gasteiger partial charge >= 0.3 is 0 Å². The molecule has 2 rings (SSSR count). The Labute approximate surface area is 123 Å². The molecule has 0 aromatic carbocycles. The van der Waals surface area contributed by atoms with E-state index in [0.717, 1.165) is 0 Å². The predicted octanol–water partition coefficient (Wildman–Crippen LogP) is 1.85. The smallest absolute Gasteiger partial charge is 0.263 e. The molecule has 19 heavy (non-hydrogen) atoms. The van der Waals surface area contributed by atoms with Crippen LogP contribution in [0.3, 0.4) is 0 Å². The second-order valence-electron chi connectivity index (χ2n) is 3.92. The van der Waals surface area contributed by atoms with E-state index in [9.17, 15) is 8.42 Å². The number of hydrogen-bond acceptors (Lipinski definition) is 5. The van der Waals surface area contributed by atoms with Gasteiger partial charge in [-0.05, 0) is 28.9 Å². The van der Waals surface area contributed by atoms with Crippen LogP contribution in [-0.2, 0) is 23.7 Å². The molecule has 0 radical (unpaired) electrons. The second-order valence-corrected chi connectivity index (χ2v) is 8.02. The van der Waals surface area contributed by atoms with Gasteiger partial charge in [0.25, 0.3) is 10.0 Å². The number of halogens is 1. The first-order chi connectivity index (χ1) is 8.83. The van der Waals surface area contributed by atoms with E-state index >= 15 is 0 Å². The summed E-state index contributed by atoms with van der Waals surface area (Å²) in [7, 11) is -1.98. The van der Waals surface area contributed by atoms with Gasteiger partial charge in [0.1, 0.15) is 4.90 Å². The highest BCUT2D eigenvalue weighted by atomic mass is 79.9. The molecule has 2 N–H and O–H groups in total. The van der Waals surface area contributed by atoms with Crippen molar-refractivity contribution < 1.29 is 13.5 Å². The number of aliphatic hydroxyl groups excluding tert-OH is 1. The van der Waals surface area contributed by atoms with E-state index in [1.54, 1.807) is 20.2 Å². The van der Waals surface area contributed by atoms with E-state index in [1.165, 1.54) is 22.1 Å². The van der Waals surface area contributed by atoms with Crippen molar-refractivity contribution in [3.8, 4) is 0 Å². The van der Waals surface area contributed by atoms with Crippen LogP contribution in [0.4, 0.5) is 5.69 Å². The Kier molecular flexibility index (Phi) is 4.00. The summed E-state index contributed by atoms with van der Waals surface area (Å²) >= 11 is 4.39. The lowest BCUT2D eigenvalue weighted by atomic mass is 10.4. The maximum atomic E-state index is 12.3. The number of aliphatic hydroxyl groups is 1. The quantitative estimate of drug-likeness (QED) is 0.865. The van der Waals surface area contributed by atoms with Crippen LogP contribution in [-0.4, -0.2) is 23.3 Å². The molecule has 0 aliphatic heterocycles. The zero-order chi connectivity index (χ0) is 14.2. The maximum Gasteiger partial charge on any atom is 0.263 e. The van der Waals surface area contributed by atoms with Crippen molar-refractivity contribution in [3.63, 3.8) is 0 Å². The zero-order valence-corrected chi connectivity index (χ0v) is 13.4. The fourth-order valence-electron chi connectivity index (χ4n) is 1.56. The van der Waals surface area contributed by atoms with Crippen molar-refractivity contribution in [2.75, 3.05) is 4.72 Å². The van der Waals surface area contributed by atoms with Gasteiger partial charge in [-0.25, -0.2) is 8.42 Å². The molecule has 0 aliphatic rings. The minimum Gasteiger partial charge on any atom is -0.391 e. The summed E-state index contributed by atoms with van der Waals surface area (Å²) in [5, 5.41) is 13.1. The average molecular weight is 366 g/mol. The van der Waals surface area contributed by atoms with E-state index in [1.807, 2.05) is 0 Å². The fraction of sp³-hybridized carbons (Fsp3) is 0.300. The second kappa shape index (κ2) is 5.23. The highest BCUT2D eigenvalue weighted by Crippen LogP contribution is 2.33. The van der Waals surface area contributed by atoms with Crippen LogP contribution >= 0.6 is 27.3 Å². The SMILES string of the molecule is Cc1nn(C)cc1NS(=O)(=O)c1cc(CO)sc1Br. The maximum absolute atomic E-state index is 12.3. The van der Waals surface area contributed by atoms with E-state index in [4.69, 9.17) is 5.11 Å². The van der Waals surface area contributed by atoms with E-state index in [2.05, 4.69) is 25.8 Å². The van der Waals surface area contributed by atoms with Gasteiger partial charge in [0, 0.05) is 18.1 Å². The number of aromatic nitrogens is 2. The average Bonchev–Trinajstić information content (AvgIpc) is 2.82. The molecule has 0 amide bonds. The highest BCUT2D eigenvalue weighted by molar-refractivity contribution is 9.11. The third kappa shape index (κ3) is 2.99. The Bertz CT molecular complexity index is 706. The Morgan fingerprint density at radius 1 is 1.58 bits per heavy atom. The minimum atomic E-state index is -3.69. The van der Waals surface area contributed by atoms with Gasteiger partial charge in [-0.15, -0.1) is 11.3 Å². The van der Waals surface area contributed by atoms with Crippen molar-refractivity contribution in [3.05, 3.63) is 26.6 Å². The molecule has 9 heteroatoms. The van der Waals surface area contributed by atoms with Crippen LogP contribution in [0.15, 0.2) is 20.9 Å². The molecule has 0 unspecified atom stereocenters. The highest BCUT2D eigenvalue weighted by Gasteiger charge is 2.22. The van der Waals surface area contributed by atoms with E-state index in [0.29, 0.717) is 20.0 Å². The van der Waals surface area contributed by atoms with Crippen molar-refractivity contribution in [2.24, 2.45) is 7.05 Å². The van der Waals surface area contributed by atoms with Gasteiger partial charge in [0.05, 0.1) is 21.8 Å². The topological polar surface area (TPSA) is 84.2 Å². The van der Waals surface area contributed by atoms with Crippen molar-refractivity contribution in [2.45, 2.75) is 18.4 Å². The van der Waals surface area contributed by atoms with Crippen LogP contribution in [0.5, 0.6) is 0 Å². The number of rotatable bonds is 4. The molecule has 0 bridgehead atoms. The van der Waals surface area contributed by atoms with Gasteiger partial charge in [0.2, 0.25) is 0 Å². The number of thiophene rings is 1. The molecule has 2 heterocycles. The molecule has 0 atom stereocenters. The number of hydrogen-bond donors (Lipinski definition) is 2. The Morgan fingerprint density at radius 3 is 2.74 bits per heavy atom. The monoisotopic (exact) mass is 365 g/mol. The molecule has 2 aromatic rings. The lowest BCUT2D eigenvalue weighted by Crippen LogP contribution is -2.12. The van der Waals surface area contributed by atoms with Crippen molar-refractivity contribution in [1.82, 2.24) is 9.78 Å². The van der Waals surface area contributed by atoms with Gasteiger partial charge in [-0.1, -0.05) is 0 Å². The summed E-state index contributed by atoms with van der Waals surface area (Å²) in [6, 6.07) is 1.45. The van der Waals surface area contributed by atoms with Crippen LogP contribution in [0.1, 0.15) is 10.6 Å². The number of aryl methyl sites for hydroxylation is 2. The molecule has 104 valence electrons. The van der Waals surface area contributed by atoms with Crippen LogP contribution in [0, 0.1) is 6.92 Å².